The molecule has 10 nitrogen and oxygen atoms in total. The SMILES string of the molecule is C=C1CN(Cc2cc3nc(-c4cccc(-c5cccc(-c6nc7cc(CN8CCC[C@H]8C(=O)O)c(OC(F)F)cc7o6)c5C)c4C)oc3cc2OC(F)F)C1. The van der Waals surface area contributed by atoms with Crippen molar-refractivity contribution in [1.82, 2.24) is 19.8 Å². The third-order valence-corrected chi connectivity index (χ3v) is 10.3. The average Bonchev–Trinajstić information content (AvgIpc) is 3.86. The Morgan fingerprint density at radius 2 is 1.31 bits per heavy atom. The van der Waals surface area contributed by atoms with Crippen LogP contribution in [0.1, 0.15) is 35.1 Å². The van der Waals surface area contributed by atoms with E-state index in [0.717, 1.165) is 27.8 Å². The molecule has 4 aromatic carbocycles. The van der Waals surface area contributed by atoms with Gasteiger partial charge in [0, 0.05) is 60.6 Å². The van der Waals surface area contributed by atoms with Crippen LogP contribution in [0.2, 0.25) is 0 Å². The van der Waals surface area contributed by atoms with E-state index in [-0.39, 0.29) is 29.5 Å². The molecule has 0 aliphatic carbocycles. The molecule has 2 aliphatic rings. The van der Waals surface area contributed by atoms with Crippen molar-refractivity contribution >= 4 is 28.2 Å². The van der Waals surface area contributed by atoms with E-state index in [4.69, 9.17) is 28.3 Å². The second-order valence-corrected chi connectivity index (χ2v) is 14.0. The molecule has 2 aliphatic heterocycles. The first-order valence-corrected chi connectivity index (χ1v) is 17.7. The van der Waals surface area contributed by atoms with Gasteiger partial charge in [0.25, 0.3) is 0 Å². The largest absolute Gasteiger partial charge is 0.480 e. The van der Waals surface area contributed by atoms with Crippen LogP contribution in [-0.2, 0) is 17.9 Å². The number of fused-ring (bicyclic) bond motifs is 2. The van der Waals surface area contributed by atoms with Gasteiger partial charge in [-0.2, -0.15) is 17.6 Å². The van der Waals surface area contributed by atoms with Crippen LogP contribution in [0.25, 0.3) is 56.2 Å². The lowest BCUT2D eigenvalue weighted by atomic mass is 9.91. The highest BCUT2D eigenvalue weighted by atomic mass is 19.3. The summed E-state index contributed by atoms with van der Waals surface area (Å²) in [6.45, 7) is 4.12. The Labute approximate surface area is 312 Å². The van der Waals surface area contributed by atoms with Gasteiger partial charge in [-0.1, -0.05) is 30.8 Å². The van der Waals surface area contributed by atoms with Crippen molar-refractivity contribution in [1.29, 1.82) is 0 Å². The van der Waals surface area contributed by atoms with Crippen LogP contribution in [0, 0.1) is 13.8 Å². The number of oxazole rings is 2. The maximum atomic E-state index is 13.5. The standard InChI is InChI=1S/C41H36F4N4O6/c1-21-17-48(18-21)19-24-13-30-35(15-33(24)54-40(42)43)52-37(46-30)28-9-4-7-26(22(28)2)27-8-5-10-29(23(27)3)38-47-31-14-25(20-49-12-6-11-32(49)39(50)51)34(55-41(44)45)16-36(31)53-38/h4-5,7-10,13-16,32,40-41H,1,6,11-12,17-20H2,2-3H3,(H,50,51)/t32-/m0/s1. The minimum absolute atomic E-state index is 0.0345. The molecule has 0 amide bonds. The van der Waals surface area contributed by atoms with Gasteiger partial charge in [-0.05, 0) is 85.3 Å². The maximum Gasteiger partial charge on any atom is 0.387 e. The number of benzene rings is 4. The molecule has 0 radical (unpaired) electrons. The van der Waals surface area contributed by atoms with Crippen molar-refractivity contribution in [3.63, 3.8) is 0 Å². The number of halogens is 4. The Morgan fingerprint density at radius 3 is 1.78 bits per heavy atom. The van der Waals surface area contributed by atoms with Crippen molar-refractivity contribution in [3.05, 3.63) is 95.1 Å². The minimum Gasteiger partial charge on any atom is -0.480 e. The fourth-order valence-electron chi connectivity index (χ4n) is 7.66. The highest BCUT2D eigenvalue weighted by Gasteiger charge is 2.32. The maximum absolute atomic E-state index is 13.5. The first-order valence-electron chi connectivity index (χ1n) is 17.7. The molecule has 1 atom stereocenters. The predicted octanol–water partition coefficient (Wildman–Crippen LogP) is 9.21. The Bertz CT molecular complexity index is 2450. The molecule has 6 aromatic rings. The highest BCUT2D eigenvalue weighted by Crippen LogP contribution is 2.40. The predicted molar refractivity (Wildman–Crippen MR) is 196 cm³/mol. The molecular weight excluding hydrogens is 720 g/mol. The van der Waals surface area contributed by atoms with Gasteiger partial charge < -0.3 is 23.4 Å². The Balaban J connectivity index is 1.13. The quantitative estimate of drug-likeness (QED) is 0.0958. The van der Waals surface area contributed by atoms with Crippen molar-refractivity contribution in [2.24, 2.45) is 0 Å². The number of likely N-dealkylation sites (tertiary alicyclic amines) is 2. The van der Waals surface area contributed by atoms with Gasteiger partial charge in [-0.25, -0.2) is 9.97 Å². The zero-order valence-electron chi connectivity index (χ0n) is 30.0. The number of alkyl halides is 4. The summed E-state index contributed by atoms with van der Waals surface area (Å²) in [5.74, 6) is -0.436. The summed E-state index contributed by atoms with van der Waals surface area (Å²) in [5.41, 5.74) is 8.34. The van der Waals surface area contributed by atoms with E-state index in [9.17, 15) is 27.5 Å². The van der Waals surface area contributed by atoms with Gasteiger partial charge in [0.1, 0.15) is 28.6 Å². The number of hydrogen-bond donors (Lipinski definition) is 1. The number of aromatic nitrogens is 2. The van der Waals surface area contributed by atoms with Gasteiger partial charge in [0.15, 0.2) is 11.2 Å². The molecule has 2 aromatic heterocycles. The van der Waals surface area contributed by atoms with E-state index < -0.39 is 25.2 Å². The third-order valence-electron chi connectivity index (χ3n) is 10.3. The van der Waals surface area contributed by atoms with Gasteiger partial charge in [-0.15, -0.1) is 0 Å². The molecule has 0 spiro atoms. The molecule has 8 rings (SSSR count). The van der Waals surface area contributed by atoms with Crippen molar-refractivity contribution in [3.8, 4) is 45.5 Å². The normalized spacial score (nSPS) is 16.5. The number of carbonyl (C=O) groups is 1. The zero-order valence-corrected chi connectivity index (χ0v) is 30.0. The van der Waals surface area contributed by atoms with E-state index in [0.29, 0.717) is 83.8 Å². The first kappa shape index (κ1) is 36.3. The molecule has 0 unspecified atom stereocenters. The molecule has 4 heterocycles. The topological polar surface area (TPSA) is 114 Å². The van der Waals surface area contributed by atoms with Crippen molar-refractivity contribution in [2.45, 2.75) is 59.0 Å². The van der Waals surface area contributed by atoms with Gasteiger partial charge in [0.2, 0.25) is 11.8 Å². The highest BCUT2D eigenvalue weighted by molar-refractivity contribution is 5.85. The molecule has 55 heavy (non-hydrogen) atoms. The summed E-state index contributed by atoms with van der Waals surface area (Å²) in [7, 11) is 0. The molecule has 284 valence electrons. The van der Waals surface area contributed by atoms with E-state index in [2.05, 4.69) is 11.5 Å². The van der Waals surface area contributed by atoms with Crippen LogP contribution in [0.5, 0.6) is 11.5 Å². The average molecular weight is 757 g/mol. The molecule has 2 fully saturated rings. The number of carboxylic acid groups (broad SMARTS) is 1. The Morgan fingerprint density at radius 1 is 0.818 bits per heavy atom. The number of nitrogens with zero attached hydrogens (tertiary/aromatic N) is 4. The van der Waals surface area contributed by atoms with Gasteiger partial charge in [-0.3, -0.25) is 14.6 Å². The van der Waals surface area contributed by atoms with Crippen LogP contribution in [0.3, 0.4) is 0 Å². The lowest BCUT2D eigenvalue weighted by molar-refractivity contribution is -0.142. The Kier molecular flexibility index (Phi) is 9.55. The monoisotopic (exact) mass is 756 g/mol. The van der Waals surface area contributed by atoms with E-state index in [1.165, 1.54) is 12.1 Å². The molecular formula is C41H36F4N4O6. The fourth-order valence-corrected chi connectivity index (χ4v) is 7.66. The molecule has 2 saturated heterocycles. The number of rotatable bonds is 12. The molecule has 14 heteroatoms. The lowest BCUT2D eigenvalue weighted by Crippen LogP contribution is -2.38. The van der Waals surface area contributed by atoms with E-state index in [1.807, 2.05) is 50.2 Å². The fraction of sp³-hybridized carbons (Fsp3) is 0.293. The summed E-state index contributed by atoms with van der Waals surface area (Å²) in [6.07, 6.45) is 1.16. The third kappa shape index (κ3) is 7.14. The van der Waals surface area contributed by atoms with Crippen molar-refractivity contribution in [2.75, 3.05) is 19.6 Å². The van der Waals surface area contributed by atoms with Gasteiger partial charge in [0.05, 0.1) is 0 Å². The summed E-state index contributed by atoms with van der Waals surface area (Å²) < 4.78 is 75.7. The Hall–Kier alpha value is -5.73. The summed E-state index contributed by atoms with van der Waals surface area (Å²) in [5, 5.41) is 9.65. The van der Waals surface area contributed by atoms with Crippen LogP contribution in [0.4, 0.5) is 17.6 Å². The summed E-state index contributed by atoms with van der Waals surface area (Å²) in [4.78, 5) is 25.1. The van der Waals surface area contributed by atoms with E-state index >= 15 is 0 Å². The van der Waals surface area contributed by atoms with Crippen molar-refractivity contribution < 1.29 is 45.8 Å². The van der Waals surface area contributed by atoms with Crippen LogP contribution >= 0.6 is 0 Å². The number of ether oxygens (including phenoxy) is 2. The minimum atomic E-state index is -3.09. The first-order chi connectivity index (χ1) is 26.4. The molecule has 0 bridgehead atoms. The summed E-state index contributed by atoms with van der Waals surface area (Å²) >= 11 is 0. The molecule has 1 N–H and O–H groups in total. The molecule has 0 saturated carbocycles. The second kappa shape index (κ2) is 14.5. The lowest BCUT2D eigenvalue weighted by Gasteiger charge is -2.33. The smallest absolute Gasteiger partial charge is 0.387 e. The van der Waals surface area contributed by atoms with Crippen LogP contribution in [0.15, 0.2) is 81.7 Å². The number of aliphatic carboxylic acids is 1. The van der Waals surface area contributed by atoms with Gasteiger partial charge >= 0.3 is 19.2 Å². The zero-order chi connectivity index (χ0) is 38.5. The van der Waals surface area contributed by atoms with Crippen LogP contribution in [-0.4, -0.2) is 69.7 Å². The second-order valence-electron chi connectivity index (χ2n) is 14.0. The summed E-state index contributed by atoms with van der Waals surface area (Å²) in [6, 6.07) is 16.9. The van der Waals surface area contributed by atoms with E-state index in [1.54, 1.807) is 17.0 Å². The number of hydrogen-bond acceptors (Lipinski definition) is 9. The van der Waals surface area contributed by atoms with Crippen LogP contribution < -0.4 is 9.47 Å². The number of carboxylic acids is 1.